The van der Waals surface area contributed by atoms with Gasteiger partial charge in [0.05, 0.1) is 6.04 Å². The standard InChI is InChI=1S/C28H27NO7/c1-12(2)9-20(30)21-24(31)16-7-5-14(10-18(16)26(21)33)36-15-6-8-17-19(11-15)27(34)22(25(17)32)28(35)23(29)13(3)4/h5-8,10-13,21-23H,9,29H2,1-4H3. The zero-order valence-corrected chi connectivity index (χ0v) is 20.5. The van der Waals surface area contributed by atoms with Gasteiger partial charge in [-0.2, -0.15) is 0 Å². The van der Waals surface area contributed by atoms with Crippen molar-refractivity contribution in [2.24, 2.45) is 29.4 Å². The van der Waals surface area contributed by atoms with Gasteiger partial charge >= 0.3 is 0 Å². The van der Waals surface area contributed by atoms with Crippen molar-refractivity contribution in [2.45, 2.75) is 40.2 Å². The Hall–Kier alpha value is -3.78. The zero-order chi connectivity index (χ0) is 26.5. The molecule has 0 bridgehead atoms. The van der Waals surface area contributed by atoms with Crippen molar-refractivity contribution in [1.82, 2.24) is 0 Å². The maximum atomic E-state index is 12.9. The molecule has 0 saturated carbocycles. The van der Waals surface area contributed by atoms with Crippen LogP contribution in [0.2, 0.25) is 0 Å². The fourth-order valence-electron chi connectivity index (χ4n) is 4.60. The predicted molar refractivity (Wildman–Crippen MR) is 130 cm³/mol. The fourth-order valence-corrected chi connectivity index (χ4v) is 4.60. The Labute approximate surface area is 208 Å². The summed E-state index contributed by atoms with van der Waals surface area (Å²) < 4.78 is 5.82. The first kappa shape index (κ1) is 25.3. The van der Waals surface area contributed by atoms with Crippen LogP contribution < -0.4 is 10.5 Å². The summed E-state index contributed by atoms with van der Waals surface area (Å²) >= 11 is 0. The molecule has 0 radical (unpaired) electrons. The number of benzene rings is 2. The molecule has 2 aromatic carbocycles. The minimum absolute atomic E-state index is 0.0195. The van der Waals surface area contributed by atoms with Crippen LogP contribution in [0.3, 0.4) is 0 Å². The highest BCUT2D eigenvalue weighted by atomic mass is 16.5. The van der Waals surface area contributed by atoms with Crippen LogP contribution in [0.25, 0.3) is 0 Å². The predicted octanol–water partition coefficient (Wildman–Crippen LogP) is 3.64. The highest BCUT2D eigenvalue weighted by Crippen LogP contribution is 2.36. The van der Waals surface area contributed by atoms with Gasteiger partial charge in [0.25, 0.3) is 0 Å². The number of rotatable bonds is 8. The van der Waals surface area contributed by atoms with E-state index in [9.17, 15) is 28.8 Å². The SMILES string of the molecule is CC(C)CC(=O)C1C(=O)c2ccc(Oc3ccc4c(c3)C(=O)C(C(=O)C(N)C(C)C)C4=O)cc2C1=O. The minimum atomic E-state index is -1.46. The molecule has 36 heavy (non-hydrogen) atoms. The summed E-state index contributed by atoms with van der Waals surface area (Å²) in [7, 11) is 0. The molecule has 4 rings (SSSR count). The Morgan fingerprint density at radius 1 is 0.750 bits per heavy atom. The first-order valence-corrected chi connectivity index (χ1v) is 11.9. The smallest absolute Gasteiger partial charge is 0.182 e. The van der Waals surface area contributed by atoms with E-state index in [1.54, 1.807) is 13.8 Å². The van der Waals surface area contributed by atoms with Crippen molar-refractivity contribution < 1.29 is 33.5 Å². The van der Waals surface area contributed by atoms with Gasteiger partial charge in [-0.15, -0.1) is 0 Å². The highest BCUT2D eigenvalue weighted by molar-refractivity contribution is 6.36. The molecule has 0 aromatic heterocycles. The van der Waals surface area contributed by atoms with Gasteiger partial charge in [-0.25, -0.2) is 0 Å². The molecule has 2 aliphatic rings. The van der Waals surface area contributed by atoms with Crippen molar-refractivity contribution >= 4 is 34.7 Å². The highest BCUT2D eigenvalue weighted by Gasteiger charge is 2.46. The number of fused-ring (bicyclic) bond motifs is 2. The number of carbonyl (C=O) groups is 6. The van der Waals surface area contributed by atoms with Crippen molar-refractivity contribution in [2.75, 3.05) is 0 Å². The second-order valence-corrected chi connectivity index (χ2v) is 10.1. The fraction of sp³-hybridized carbons (Fsp3) is 0.357. The second-order valence-electron chi connectivity index (χ2n) is 10.1. The number of Topliss-reactive ketones (excluding diaryl/α,β-unsaturated/α-hetero) is 6. The monoisotopic (exact) mass is 489 g/mol. The van der Waals surface area contributed by atoms with Gasteiger partial charge in [0.1, 0.15) is 23.3 Å². The molecule has 3 atom stereocenters. The maximum Gasteiger partial charge on any atom is 0.182 e. The average Bonchev–Trinajstić information content (AvgIpc) is 3.21. The summed E-state index contributed by atoms with van der Waals surface area (Å²) in [5.41, 5.74) is 6.38. The van der Waals surface area contributed by atoms with Gasteiger partial charge in [-0.3, -0.25) is 28.8 Å². The van der Waals surface area contributed by atoms with Gasteiger partial charge in [0.15, 0.2) is 34.7 Å². The van der Waals surface area contributed by atoms with Crippen molar-refractivity contribution in [1.29, 1.82) is 0 Å². The molecule has 2 aliphatic carbocycles. The Morgan fingerprint density at radius 2 is 1.19 bits per heavy atom. The summed E-state index contributed by atoms with van der Waals surface area (Å²) in [4.78, 5) is 76.4. The number of hydrogen-bond acceptors (Lipinski definition) is 8. The van der Waals surface area contributed by atoms with E-state index >= 15 is 0 Å². The van der Waals surface area contributed by atoms with Crippen LogP contribution >= 0.6 is 0 Å². The summed E-state index contributed by atoms with van der Waals surface area (Å²) in [6.45, 7) is 7.16. The molecule has 0 fully saturated rings. The first-order chi connectivity index (χ1) is 16.9. The lowest BCUT2D eigenvalue weighted by Gasteiger charge is -2.16. The van der Waals surface area contributed by atoms with Crippen LogP contribution in [0, 0.1) is 23.7 Å². The Bertz CT molecular complexity index is 1340. The van der Waals surface area contributed by atoms with Crippen LogP contribution in [0.15, 0.2) is 36.4 Å². The van der Waals surface area contributed by atoms with E-state index in [-0.39, 0.29) is 52.0 Å². The summed E-state index contributed by atoms with van der Waals surface area (Å²) in [5, 5.41) is 0. The Kier molecular flexibility index (Phi) is 6.58. The van der Waals surface area contributed by atoms with Gasteiger partial charge in [0.2, 0.25) is 0 Å². The molecule has 0 amide bonds. The molecule has 0 spiro atoms. The molecule has 2 aromatic rings. The third-order valence-corrected chi connectivity index (χ3v) is 6.59. The molecule has 8 nitrogen and oxygen atoms in total. The molecule has 186 valence electrons. The van der Waals surface area contributed by atoms with Gasteiger partial charge < -0.3 is 10.5 Å². The van der Waals surface area contributed by atoms with Gasteiger partial charge in [0, 0.05) is 28.7 Å². The lowest BCUT2D eigenvalue weighted by atomic mass is 9.89. The van der Waals surface area contributed by atoms with E-state index < -0.39 is 52.6 Å². The summed E-state index contributed by atoms with van der Waals surface area (Å²) in [6, 6.07) is 7.67. The van der Waals surface area contributed by atoms with E-state index in [2.05, 4.69) is 0 Å². The largest absolute Gasteiger partial charge is 0.457 e. The molecular formula is C28H27NO7. The van der Waals surface area contributed by atoms with Gasteiger partial charge in [-0.1, -0.05) is 27.7 Å². The van der Waals surface area contributed by atoms with Crippen molar-refractivity contribution in [3.05, 3.63) is 58.7 Å². The van der Waals surface area contributed by atoms with Gasteiger partial charge in [-0.05, 0) is 48.2 Å². The quantitative estimate of drug-likeness (QED) is 0.555. The third-order valence-electron chi connectivity index (χ3n) is 6.59. The topological polar surface area (TPSA) is 138 Å². The van der Waals surface area contributed by atoms with Crippen LogP contribution in [-0.2, 0) is 9.59 Å². The van der Waals surface area contributed by atoms with Crippen LogP contribution in [0.1, 0.15) is 75.5 Å². The number of carbonyl (C=O) groups excluding carboxylic acids is 6. The van der Waals surface area contributed by atoms with Crippen LogP contribution in [-0.4, -0.2) is 40.7 Å². The third kappa shape index (κ3) is 4.22. The lowest BCUT2D eigenvalue weighted by molar-refractivity contribution is -0.122. The molecule has 0 heterocycles. The molecule has 0 saturated heterocycles. The summed E-state index contributed by atoms with van der Waals surface area (Å²) in [5.74, 6) is -5.84. The lowest BCUT2D eigenvalue weighted by Crippen LogP contribution is -2.43. The van der Waals surface area contributed by atoms with E-state index in [1.165, 1.54) is 36.4 Å². The normalized spacial score (nSPS) is 19.6. The number of hydrogen-bond donors (Lipinski definition) is 1. The molecule has 3 unspecified atom stereocenters. The maximum absolute atomic E-state index is 12.9. The van der Waals surface area contributed by atoms with E-state index in [0.29, 0.717) is 0 Å². The van der Waals surface area contributed by atoms with Crippen molar-refractivity contribution in [3.8, 4) is 11.5 Å². The zero-order valence-electron chi connectivity index (χ0n) is 20.5. The van der Waals surface area contributed by atoms with Crippen LogP contribution in [0.5, 0.6) is 11.5 Å². The molecule has 2 N–H and O–H groups in total. The minimum Gasteiger partial charge on any atom is -0.457 e. The number of nitrogens with two attached hydrogens (primary N) is 1. The van der Waals surface area contributed by atoms with Crippen molar-refractivity contribution in [3.63, 3.8) is 0 Å². The van der Waals surface area contributed by atoms with E-state index in [1.807, 2.05) is 13.8 Å². The summed E-state index contributed by atoms with van der Waals surface area (Å²) in [6.07, 6.45) is 0.132. The Balaban J connectivity index is 1.57. The number of ether oxygens (including phenoxy) is 1. The second kappa shape index (κ2) is 9.35. The average molecular weight is 490 g/mol. The number of ketones is 6. The van der Waals surface area contributed by atoms with E-state index in [0.717, 1.165) is 0 Å². The van der Waals surface area contributed by atoms with E-state index in [4.69, 9.17) is 10.5 Å². The van der Waals surface area contributed by atoms with Crippen LogP contribution in [0.4, 0.5) is 0 Å². The molecular weight excluding hydrogens is 462 g/mol. The first-order valence-electron chi connectivity index (χ1n) is 11.9. The molecule has 0 aliphatic heterocycles. The Morgan fingerprint density at radius 3 is 1.67 bits per heavy atom. The molecule has 8 heteroatoms.